The normalized spacial score (nSPS) is 12.0. The van der Waals surface area contributed by atoms with Gasteiger partial charge in [0, 0.05) is 35.7 Å². The van der Waals surface area contributed by atoms with Crippen molar-refractivity contribution in [1.29, 1.82) is 0 Å². The number of hydrogen-bond acceptors (Lipinski definition) is 11. The predicted octanol–water partition coefficient (Wildman–Crippen LogP) is 7.56. The molecule has 7 rings (SSSR count). The van der Waals surface area contributed by atoms with Crippen molar-refractivity contribution < 1.29 is 49.0 Å². The summed E-state index contributed by atoms with van der Waals surface area (Å²) < 4.78 is 89.0. The molecule has 7 aromatic rings. The Morgan fingerprint density at radius 1 is 0.660 bits per heavy atom. The molecule has 0 aliphatic heterocycles. The van der Waals surface area contributed by atoms with Gasteiger partial charge in [-0.05, 0) is 85.8 Å². The molecule has 0 atom stereocenters. The zero-order chi connectivity index (χ0) is 35.4. The summed E-state index contributed by atoms with van der Waals surface area (Å²) in [5.41, 5.74) is 4.29. The van der Waals surface area contributed by atoms with Crippen LogP contribution in [0, 0.1) is 13.8 Å². The first-order valence-electron chi connectivity index (χ1n) is 14.7. The number of ketones is 1. The fraction of sp³-hybridized carbons (Fsp3) is 0.0571. The van der Waals surface area contributed by atoms with Gasteiger partial charge in [-0.25, -0.2) is 9.97 Å². The van der Waals surface area contributed by atoms with E-state index in [4.69, 9.17) is 22.9 Å². The highest BCUT2D eigenvalue weighted by Gasteiger charge is 2.22. The van der Waals surface area contributed by atoms with E-state index in [9.17, 15) is 26.2 Å². The van der Waals surface area contributed by atoms with Gasteiger partial charge in [-0.3, -0.25) is 13.9 Å². The van der Waals surface area contributed by atoms with E-state index in [0.717, 1.165) is 23.8 Å². The van der Waals surface area contributed by atoms with Gasteiger partial charge < -0.3 is 18.3 Å². The molecule has 0 spiro atoms. The third-order valence-corrected chi connectivity index (χ3v) is 9.29. The monoisotopic (exact) mass is 712 g/mol. The first-order chi connectivity index (χ1) is 23.7. The molecule has 0 aliphatic carbocycles. The summed E-state index contributed by atoms with van der Waals surface area (Å²) in [7, 11) is -9.25. The fourth-order valence-corrected chi connectivity index (χ4v) is 6.33. The van der Waals surface area contributed by atoms with Crippen LogP contribution in [0.1, 0.15) is 27.4 Å². The van der Waals surface area contributed by atoms with Crippen LogP contribution in [0.4, 0.5) is 0 Å². The lowest BCUT2D eigenvalue weighted by atomic mass is 9.96. The predicted molar refractivity (Wildman–Crippen MR) is 179 cm³/mol. The van der Waals surface area contributed by atoms with Crippen molar-refractivity contribution in [3.05, 3.63) is 120 Å². The van der Waals surface area contributed by atoms with Crippen LogP contribution in [-0.2, 0) is 20.2 Å². The maximum Gasteiger partial charge on any atom is 0.298 e. The number of hydrogen-bond donors (Lipinski definition) is 2. The second kappa shape index (κ2) is 12.2. The Hall–Kier alpha value is -5.87. The Morgan fingerprint density at radius 3 is 2.00 bits per heavy atom. The Morgan fingerprint density at radius 2 is 1.30 bits per heavy atom. The first-order valence-corrected chi connectivity index (χ1v) is 17.6. The minimum atomic E-state index is -4.80. The van der Waals surface area contributed by atoms with Gasteiger partial charge in [0.2, 0.25) is 5.89 Å². The second-order valence-electron chi connectivity index (χ2n) is 11.2. The molecule has 13 nitrogen and oxygen atoms in total. The third kappa shape index (κ3) is 6.57. The van der Waals surface area contributed by atoms with Gasteiger partial charge in [0.25, 0.3) is 20.2 Å². The Balaban J connectivity index is 1.13. The SMILES string of the molecule is Cc1ccc(-c2nc3cc4nc(C)oc4cc3o2)c(C(=O)c2ccc(Oc3ccc(Oc4ccc(S(=O)(=O)O)cc4)c(S(=O)(=O)O)c3)cc2)c1. The molecule has 0 radical (unpaired) electrons. The number of aromatic nitrogens is 2. The zero-order valence-electron chi connectivity index (χ0n) is 26.0. The van der Waals surface area contributed by atoms with Crippen LogP contribution < -0.4 is 9.47 Å². The van der Waals surface area contributed by atoms with Crippen molar-refractivity contribution in [1.82, 2.24) is 9.97 Å². The number of carbonyl (C=O) groups excluding carboxylic acids is 1. The molecule has 2 N–H and O–H groups in total. The van der Waals surface area contributed by atoms with Gasteiger partial charge in [-0.2, -0.15) is 16.8 Å². The average molecular weight is 713 g/mol. The molecule has 0 unspecified atom stereocenters. The van der Waals surface area contributed by atoms with Crippen LogP contribution in [0.2, 0.25) is 0 Å². The smallest absolute Gasteiger partial charge is 0.298 e. The number of rotatable bonds is 9. The number of ether oxygens (including phenoxy) is 2. The molecule has 0 saturated heterocycles. The number of oxazole rings is 2. The van der Waals surface area contributed by atoms with Crippen molar-refractivity contribution in [2.45, 2.75) is 23.6 Å². The molecule has 5 aromatic carbocycles. The van der Waals surface area contributed by atoms with E-state index in [2.05, 4.69) is 9.97 Å². The topological polar surface area (TPSA) is 196 Å². The van der Waals surface area contributed by atoms with Gasteiger partial charge >= 0.3 is 0 Å². The van der Waals surface area contributed by atoms with Crippen LogP contribution in [0.25, 0.3) is 33.7 Å². The van der Waals surface area contributed by atoms with E-state index >= 15 is 0 Å². The summed E-state index contributed by atoms with van der Waals surface area (Å²) >= 11 is 0. The molecule has 15 heteroatoms. The Labute approximate surface area is 284 Å². The van der Waals surface area contributed by atoms with Crippen molar-refractivity contribution in [2.75, 3.05) is 0 Å². The maximum atomic E-state index is 13.8. The van der Waals surface area contributed by atoms with Gasteiger partial charge in [0.05, 0.1) is 4.90 Å². The first kappa shape index (κ1) is 32.7. The van der Waals surface area contributed by atoms with Crippen molar-refractivity contribution in [2.24, 2.45) is 0 Å². The zero-order valence-corrected chi connectivity index (χ0v) is 27.7. The summed E-state index contributed by atoms with van der Waals surface area (Å²) in [5, 5.41) is 0. The summed E-state index contributed by atoms with van der Waals surface area (Å²) in [6.07, 6.45) is 0. The highest BCUT2D eigenvalue weighted by Crippen LogP contribution is 2.35. The molecule has 0 amide bonds. The molecule has 0 aliphatic rings. The summed E-state index contributed by atoms with van der Waals surface area (Å²) in [6.45, 7) is 3.61. The molecule has 2 heterocycles. The van der Waals surface area contributed by atoms with Gasteiger partial charge in [-0.15, -0.1) is 0 Å². The van der Waals surface area contributed by atoms with Crippen LogP contribution in [-0.4, -0.2) is 41.7 Å². The quantitative estimate of drug-likeness (QED) is 0.110. The number of benzene rings is 5. The van der Waals surface area contributed by atoms with Gasteiger partial charge in [-0.1, -0.05) is 11.6 Å². The molecule has 252 valence electrons. The van der Waals surface area contributed by atoms with E-state index in [1.807, 2.05) is 13.0 Å². The van der Waals surface area contributed by atoms with E-state index in [0.29, 0.717) is 44.8 Å². The maximum absolute atomic E-state index is 13.8. The minimum Gasteiger partial charge on any atom is -0.457 e. The molecular weight excluding hydrogens is 689 g/mol. The molecule has 2 aromatic heterocycles. The number of aryl methyl sites for hydroxylation is 2. The number of nitrogens with zero attached hydrogens (tertiary/aromatic N) is 2. The largest absolute Gasteiger partial charge is 0.457 e. The van der Waals surface area contributed by atoms with Crippen LogP contribution in [0.15, 0.2) is 116 Å². The second-order valence-corrected chi connectivity index (χ2v) is 14.0. The number of fused-ring (bicyclic) bond motifs is 2. The average Bonchev–Trinajstić information content (AvgIpc) is 3.64. The van der Waals surface area contributed by atoms with Gasteiger partial charge in [0.15, 0.2) is 22.8 Å². The van der Waals surface area contributed by atoms with Gasteiger partial charge in [0.1, 0.15) is 38.9 Å². The van der Waals surface area contributed by atoms with Crippen molar-refractivity contribution in [3.63, 3.8) is 0 Å². The van der Waals surface area contributed by atoms with E-state index in [1.54, 1.807) is 43.3 Å². The standard InChI is InChI=1S/C35H24N2O11S2/c1-19-3-13-26(35-37-29-17-28-31(18-32(29)48-35)45-20(2)36-28)27(15-19)34(38)21-4-6-22(7-5-21)46-24-10-14-30(33(16-24)50(42,43)44)47-23-8-11-25(12-9-23)49(39,40)41/h3-18H,1-2H3,(H,39,40,41)(H,42,43,44). The fourth-order valence-electron chi connectivity index (χ4n) is 5.22. The van der Waals surface area contributed by atoms with E-state index in [-0.39, 0.29) is 39.6 Å². The lowest BCUT2D eigenvalue weighted by Crippen LogP contribution is -2.04. The summed E-state index contributed by atoms with van der Waals surface area (Å²) in [5.74, 6) is 0.524. The van der Waals surface area contributed by atoms with Crippen molar-refractivity contribution in [3.8, 4) is 34.5 Å². The number of carbonyl (C=O) groups is 1. The summed E-state index contributed by atoms with van der Waals surface area (Å²) in [6, 6.07) is 23.2. The third-order valence-electron chi connectivity index (χ3n) is 7.55. The molecule has 0 fully saturated rings. The lowest BCUT2D eigenvalue weighted by Gasteiger charge is -2.13. The highest BCUT2D eigenvalue weighted by atomic mass is 32.2. The molecule has 0 saturated carbocycles. The molecular formula is C35H24N2O11S2. The minimum absolute atomic E-state index is 0.0277. The van der Waals surface area contributed by atoms with E-state index in [1.165, 1.54) is 36.4 Å². The van der Waals surface area contributed by atoms with Crippen LogP contribution >= 0.6 is 0 Å². The van der Waals surface area contributed by atoms with Crippen LogP contribution in [0.5, 0.6) is 23.0 Å². The molecule has 50 heavy (non-hydrogen) atoms. The Bertz CT molecular complexity index is 2630. The van der Waals surface area contributed by atoms with E-state index < -0.39 is 25.1 Å². The lowest BCUT2D eigenvalue weighted by molar-refractivity contribution is 0.103. The molecule has 0 bridgehead atoms. The summed E-state index contributed by atoms with van der Waals surface area (Å²) in [4.78, 5) is 21.7. The van der Waals surface area contributed by atoms with Crippen molar-refractivity contribution >= 4 is 48.2 Å². The Kier molecular flexibility index (Phi) is 7.99. The van der Waals surface area contributed by atoms with Crippen LogP contribution in [0.3, 0.4) is 0 Å². The highest BCUT2D eigenvalue weighted by molar-refractivity contribution is 7.86.